The minimum atomic E-state index is 0.0837. The normalized spacial score (nSPS) is 19.1. The van der Waals surface area contributed by atoms with Crippen molar-refractivity contribution in [1.29, 1.82) is 0 Å². The summed E-state index contributed by atoms with van der Waals surface area (Å²) in [6.45, 7) is 4.18. The molecular weight excluding hydrogens is 202 g/mol. The van der Waals surface area contributed by atoms with Crippen LogP contribution in [0.15, 0.2) is 0 Å². The first kappa shape index (κ1) is 13.5. The van der Waals surface area contributed by atoms with E-state index in [1.54, 1.807) is 19.0 Å². The summed E-state index contributed by atoms with van der Waals surface area (Å²) in [6, 6.07) is 0. The molecule has 0 aromatic rings. The summed E-state index contributed by atoms with van der Waals surface area (Å²) in [5, 5.41) is 0. The fourth-order valence-electron chi connectivity index (χ4n) is 2.60. The van der Waals surface area contributed by atoms with Crippen LogP contribution in [0.4, 0.5) is 0 Å². The second-order valence-electron chi connectivity index (χ2n) is 4.94. The van der Waals surface area contributed by atoms with Crippen molar-refractivity contribution in [3.63, 3.8) is 0 Å². The summed E-state index contributed by atoms with van der Waals surface area (Å²) in [5.41, 5.74) is 6.01. The van der Waals surface area contributed by atoms with E-state index in [-0.39, 0.29) is 11.4 Å². The van der Waals surface area contributed by atoms with E-state index >= 15 is 0 Å². The van der Waals surface area contributed by atoms with Crippen LogP contribution in [-0.4, -0.2) is 55.0 Å². The number of carbonyl (C=O) groups excluding carboxylic acids is 1. The topological polar surface area (TPSA) is 49.6 Å². The molecule has 1 fully saturated rings. The van der Waals surface area contributed by atoms with Gasteiger partial charge in [0.05, 0.1) is 6.54 Å². The number of likely N-dealkylation sites (N-methyl/N-ethyl adjacent to an activating group) is 2. The van der Waals surface area contributed by atoms with Crippen molar-refractivity contribution in [3.8, 4) is 0 Å². The minimum Gasteiger partial charge on any atom is -0.348 e. The van der Waals surface area contributed by atoms with Crippen LogP contribution in [0.2, 0.25) is 0 Å². The van der Waals surface area contributed by atoms with Gasteiger partial charge in [-0.3, -0.25) is 9.69 Å². The van der Waals surface area contributed by atoms with Crippen molar-refractivity contribution in [1.82, 2.24) is 9.80 Å². The highest BCUT2D eigenvalue weighted by Gasteiger charge is 2.38. The van der Waals surface area contributed by atoms with Crippen LogP contribution in [-0.2, 0) is 4.79 Å². The van der Waals surface area contributed by atoms with Crippen LogP contribution < -0.4 is 5.73 Å². The Morgan fingerprint density at radius 3 is 2.25 bits per heavy atom. The smallest absolute Gasteiger partial charge is 0.236 e. The molecule has 1 amide bonds. The lowest BCUT2D eigenvalue weighted by atomic mass is 9.95. The molecule has 4 nitrogen and oxygen atoms in total. The summed E-state index contributed by atoms with van der Waals surface area (Å²) in [7, 11) is 3.61. The van der Waals surface area contributed by atoms with E-state index in [1.807, 2.05) is 0 Å². The van der Waals surface area contributed by atoms with Crippen LogP contribution in [0.1, 0.15) is 32.6 Å². The molecule has 0 spiro atoms. The van der Waals surface area contributed by atoms with E-state index in [1.165, 1.54) is 12.8 Å². The van der Waals surface area contributed by atoms with Crippen molar-refractivity contribution in [2.75, 3.05) is 33.7 Å². The average Bonchev–Trinajstić information content (AvgIpc) is 2.74. The third kappa shape index (κ3) is 2.74. The standard InChI is InChI=1S/C12H25N3O/c1-4-15(9-11(16)14(2)3)12(10-13)7-5-6-8-12/h4-10,13H2,1-3H3. The molecule has 16 heavy (non-hydrogen) atoms. The van der Waals surface area contributed by atoms with Gasteiger partial charge in [0, 0.05) is 26.2 Å². The fraction of sp³-hybridized carbons (Fsp3) is 0.917. The first-order chi connectivity index (χ1) is 7.55. The molecule has 1 aliphatic rings. The summed E-state index contributed by atoms with van der Waals surface area (Å²) >= 11 is 0. The van der Waals surface area contributed by atoms with Gasteiger partial charge in [-0.25, -0.2) is 0 Å². The molecule has 94 valence electrons. The predicted octanol–water partition coefficient (Wildman–Crippen LogP) is 0.668. The Labute approximate surface area is 98.8 Å². The number of hydrogen-bond donors (Lipinski definition) is 1. The zero-order valence-electron chi connectivity index (χ0n) is 10.8. The SMILES string of the molecule is CCN(CC(=O)N(C)C)C1(CN)CCCC1. The van der Waals surface area contributed by atoms with Crippen LogP contribution in [0.3, 0.4) is 0 Å². The Hall–Kier alpha value is -0.610. The number of nitrogens with zero attached hydrogens (tertiary/aromatic N) is 2. The number of carbonyl (C=O) groups is 1. The molecular formula is C12H25N3O. The quantitative estimate of drug-likeness (QED) is 0.751. The lowest BCUT2D eigenvalue weighted by molar-refractivity contribution is -0.131. The molecule has 0 radical (unpaired) electrons. The Morgan fingerprint density at radius 1 is 1.31 bits per heavy atom. The van der Waals surface area contributed by atoms with Crippen molar-refractivity contribution < 1.29 is 4.79 Å². The Kier molecular flexibility index (Phi) is 4.74. The van der Waals surface area contributed by atoms with E-state index in [9.17, 15) is 4.79 Å². The molecule has 2 N–H and O–H groups in total. The lowest BCUT2D eigenvalue weighted by Gasteiger charge is -2.40. The van der Waals surface area contributed by atoms with Gasteiger partial charge in [0.25, 0.3) is 0 Å². The van der Waals surface area contributed by atoms with Crippen molar-refractivity contribution in [2.45, 2.75) is 38.1 Å². The molecule has 1 rings (SSSR count). The summed E-state index contributed by atoms with van der Waals surface area (Å²) in [6.07, 6.45) is 4.75. The molecule has 0 aliphatic heterocycles. The van der Waals surface area contributed by atoms with Gasteiger partial charge in [0.1, 0.15) is 0 Å². The molecule has 0 saturated heterocycles. The minimum absolute atomic E-state index is 0.0837. The van der Waals surface area contributed by atoms with E-state index in [2.05, 4.69) is 11.8 Å². The Bertz CT molecular complexity index is 234. The van der Waals surface area contributed by atoms with Crippen LogP contribution >= 0.6 is 0 Å². The highest BCUT2D eigenvalue weighted by molar-refractivity contribution is 5.77. The maximum atomic E-state index is 11.8. The van der Waals surface area contributed by atoms with Gasteiger partial charge in [0.2, 0.25) is 5.91 Å². The van der Waals surface area contributed by atoms with Gasteiger partial charge in [-0.2, -0.15) is 0 Å². The van der Waals surface area contributed by atoms with Gasteiger partial charge < -0.3 is 10.6 Å². The molecule has 4 heteroatoms. The summed E-state index contributed by atoms with van der Waals surface area (Å²) < 4.78 is 0. The van der Waals surface area contributed by atoms with E-state index in [0.717, 1.165) is 19.4 Å². The number of rotatable bonds is 5. The van der Waals surface area contributed by atoms with Gasteiger partial charge in [-0.1, -0.05) is 19.8 Å². The summed E-state index contributed by atoms with van der Waals surface area (Å²) in [5.74, 6) is 0.168. The lowest BCUT2D eigenvalue weighted by Crippen LogP contribution is -2.54. The Balaban J connectivity index is 2.68. The number of hydrogen-bond acceptors (Lipinski definition) is 3. The molecule has 0 unspecified atom stereocenters. The second kappa shape index (κ2) is 5.64. The average molecular weight is 227 g/mol. The van der Waals surface area contributed by atoms with Crippen LogP contribution in [0, 0.1) is 0 Å². The molecule has 0 atom stereocenters. The number of nitrogens with two attached hydrogens (primary N) is 1. The first-order valence-electron chi connectivity index (χ1n) is 6.21. The maximum Gasteiger partial charge on any atom is 0.236 e. The number of amides is 1. The van der Waals surface area contributed by atoms with E-state index in [4.69, 9.17) is 5.73 Å². The first-order valence-corrected chi connectivity index (χ1v) is 6.21. The van der Waals surface area contributed by atoms with Crippen LogP contribution in [0.5, 0.6) is 0 Å². The third-order valence-corrected chi connectivity index (χ3v) is 3.79. The molecule has 0 aromatic heterocycles. The van der Waals surface area contributed by atoms with Crippen molar-refractivity contribution in [2.24, 2.45) is 5.73 Å². The highest BCUT2D eigenvalue weighted by Crippen LogP contribution is 2.34. The van der Waals surface area contributed by atoms with Crippen molar-refractivity contribution >= 4 is 5.91 Å². The van der Waals surface area contributed by atoms with Gasteiger partial charge in [0.15, 0.2) is 0 Å². The maximum absolute atomic E-state index is 11.8. The molecule has 0 aromatic carbocycles. The van der Waals surface area contributed by atoms with Gasteiger partial charge >= 0.3 is 0 Å². The zero-order chi connectivity index (χ0) is 12.2. The largest absolute Gasteiger partial charge is 0.348 e. The van der Waals surface area contributed by atoms with E-state index in [0.29, 0.717) is 13.1 Å². The second-order valence-corrected chi connectivity index (χ2v) is 4.94. The zero-order valence-corrected chi connectivity index (χ0v) is 10.8. The van der Waals surface area contributed by atoms with Gasteiger partial charge in [-0.05, 0) is 19.4 Å². The highest BCUT2D eigenvalue weighted by atomic mass is 16.2. The predicted molar refractivity (Wildman–Crippen MR) is 66.2 cm³/mol. The van der Waals surface area contributed by atoms with Crippen molar-refractivity contribution in [3.05, 3.63) is 0 Å². The van der Waals surface area contributed by atoms with Gasteiger partial charge in [-0.15, -0.1) is 0 Å². The fourth-order valence-corrected chi connectivity index (χ4v) is 2.60. The van der Waals surface area contributed by atoms with E-state index < -0.39 is 0 Å². The molecule has 1 saturated carbocycles. The molecule has 0 bridgehead atoms. The van der Waals surface area contributed by atoms with Crippen LogP contribution in [0.25, 0.3) is 0 Å². The summed E-state index contributed by atoms with van der Waals surface area (Å²) in [4.78, 5) is 15.7. The monoisotopic (exact) mass is 227 g/mol. The third-order valence-electron chi connectivity index (χ3n) is 3.79. The molecule has 1 aliphatic carbocycles. The molecule has 0 heterocycles. The Morgan fingerprint density at radius 2 is 1.88 bits per heavy atom.